The molecule has 0 aromatic heterocycles. The minimum atomic E-state index is -1.66. The van der Waals surface area contributed by atoms with Crippen LogP contribution in [0.5, 0.6) is 0 Å². The van der Waals surface area contributed by atoms with Gasteiger partial charge in [0.25, 0.3) is 0 Å². The molecule has 232 valence electrons. The Morgan fingerprint density at radius 2 is 1.48 bits per heavy atom. The van der Waals surface area contributed by atoms with Gasteiger partial charge >= 0.3 is 29.8 Å². The first-order valence-corrected chi connectivity index (χ1v) is 15.4. The first-order chi connectivity index (χ1) is 19.5. The molecule has 5 rings (SSSR count). The Labute approximate surface area is 261 Å². The number of rotatable bonds is 4. The van der Waals surface area contributed by atoms with E-state index in [1.807, 2.05) is 0 Å². The minimum Gasteiger partial charge on any atom is -0.462 e. The highest BCUT2D eigenvalue weighted by Crippen LogP contribution is 2.66. The molecule has 5 aliphatic rings. The number of alkyl halides is 2. The van der Waals surface area contributed by atoms with Gasteiger partial charge in [-0.1, -0.05) is 36.1 Å². The van der Waals surface area contributed by atoms with E-state index >= 15 is 0 Å². The smallest absolute Gasteiger partial charge is 0.312 e. The zero-order chi connectivity index (χ0) is 31.1. The van der Waals surface area contributed by atoms with E-state index in [9.17, 15) is 24.0 Å². The Hall–Kier alpha value is -1.97. The molecule has 0 aromatic rings. The summed E-state index contributed by atoms with van der Waals surface area (Å²) in [5.74, 6) is -5.18. The summed E-state index contributed by atoms with van der Waals surface area (Å²) < 4.78 is 41.9. The van der Waals surface area contributed by atoms with Gasteiger partial charge in [0.15, 0.2) is 11.7 Å². The minimum absolute atomic E-state index is 0.00604. The molecule has 0 aromatic carbocycles. The van der Waals surface area contributed by atoms with Crippen LogP contribution in [0.3, 0.4) is 0 Å². The standard InChI is InChI=1S/C28H34ClIO12/c1-10-18(29)22-28(11(2)25(35)41-22)24(40-15(6)34)21-26(7,23(39-14(5)33)19(30)20(10)42-28)16(37-12(3)31)8-17(38-13(4)32)27(21)9-36-27/h11,16-24H,1,8-9H2,2-7H3/t11-,16-,17+,18-,19+,20+,21+,22-,23-,24-,26-,27+,28-/m0/s1. The van der Waals surface area contributed by atoms with Crippen LogP contribution in [0.25, 0.3) is 0 Å². The first kappa shape index (κ1) is 31.5. The SMILES string of the molecule is C=C1[C@H]2O[C@]3([C@@H](C)C(=O)O[C@H]3[C@H]1Cl)[C@@H](OC(C)=O)[C@H]1[C@@]3(CO3)[C@H](OC(C)=O)C[C@H](OC(C)=O)[C@]1(C)[C@@H](OC(C)=O)[C@@H]2I. The van der Waals surface area contributed by atoms with E-state index in [4.69, 9.17) is 44.8 Å². The summed E-state index contributed by atoms with van der Waals surface area (Å²) >= 11 is 9.05. The van der Waals surface area contributed by atoms with Crippen LogP contribution in [0, 0.1) is 17.3 Å². The highest BCUT2D eigenvalue weighted by Gasteiger charge is 2.82. The van der Waals surface area contributed by atoms with E-state index in [1.165, 1.54) is 27.7 Å². The maximum atomic E-state index is 13.3. The van der Waals surface area contributed by atoms with Crippen molar-refractivity contribution in [1.29, 1.82) is 0 Å². The number of esters is 5. The van der Waals surface area contributed by atoms with Gasteiger partial charge in [-0.25, -0.2) is 0 Å². The largest absolute Gasteiger partial charge is 0.462 e. The molecule has 13 atom stereocenters. The maximum absolute atomic E-state index is 13.3. The number of ether oxygens (including phenoxy) is 7. The number of epoxide rings is 1. The van der Waals surface area contributed by atoms with Crippen molar-refractivity contribution in [2.24, 2.45) is 17.3 Å². The highest BCUT2D eigenvalue weighted by atomic mass is 127. The predicted molar refractivity (Wildman–Crippen MR) is 150 cm³/mol. The van der Waals surface area contributed by atoms with Gasteiger partial charge < -0.3 is 33.2 Å². The summed E-state index contributed by atoms with van der Waals surface area (Å²) in [5.41, 5.74) is -3.91. The summed E-state index contributed by atoms with van der Waals surface area (Å²) in [6, 6.07) is 0. The lowest BCUT2D eigenvalue weighted by Gasteiger charge is -2.63. The van der Waals surface area contributed by atoms with Gasteiger partial charge in [-0.15, -0.1) is 11.6 Å². The second-order valence-electron chi connectivity index (χ2n) is 12.0. The quantitative estimate of drug-likeness (QED) is 0.104. The molecule has 14 heteroatoms. The van der Waals surface area contributed by atoms with Gasteiger partial charge in [-0.2, -0.15) is 0 Å². The molecule has 0 amide bonds. The summed E-state index contributed by atoms with van der Waals surface area (Å²) in [6.45, 7) is 12.5. The highest BCUT2D eigenvalue weighted by molar-refractivity contribution is 14.1. The zero-order valence-electron chi connectivity index (χ0n) is 24.0. The van der Waals surface area contributed by atoms with Crippen molar-refractivity contribution in [2.45, 2.75) is 105 Å². The van der Waals surface area contributed by atoms with Crippen molar-refractivity contribution in [3.8, 4) is 0 Å². The molecule has 1 saturated carbocycles. The number of carbonyl (C=O) groups excluding carboxylic acids is 5. The summed E-state index contributed by atoms with van der Waals surface area (Å²) in [4.78, 5) is 63.7. The summed E-state index contributed by atoms with van der Waals surface area (Å²) in [7, 11) is 0. The van der Waals surface area contributed by atoms with Gasteiger partial charge in [0, 0.05) is 40.0 Å². The van der Waals surface area contributed by atoms with Crippen molar-refractivity contribution >= 4 is 64.0 Å². The Balaban J connectivity index is 1.86. The molecule has 4 saturated heterocycles. The van der Waals surface area contributed by atoms with Gasteiger partial charge in [0.2, 0.25) is 0 Å². The molecule has 12 nitrogen and oxygen atoms in total. The number of hydrogen-bond donors (Lipinski definition) is 0. The molecular weight excluding hydrogens is 691 g/mol. The monoisotopic (exact) mass is 724 g/mol. The molecule has 4 aliphatic heterocycles. The van der Waals surface area contributed by atoms with E-state index in [-0.39, 0.29) is 13.0 Å². The van der Waals surface area contributed by atoms with Crippen LogP contribution < -0.4 is 0 Å². The van der Waals surface area contributed by atoms with Crippen LogP contribution >= 0.6 is 34.2 Å². The van der Waals surface area contributed by atoms with Gasteiger partial charge in [-0.3, -0.25) is 24.0 Å². The van der Waals surface area contributed by atoms with Crippen LogP contribution in [-0.4, -0.2) is 93.6 Å². The number of carbonyl (C=O) groups is 5. The predicted octanol–water partition coefficient (Wildman–Crippen LogP) is 2.19. The lowest BCUT2D eigenvalue weighted by Crippen LogP contribution is -2.78. The average Bonchev–Trinajstić information content (AvgIpc) is 3.62. The van der Waals surface area contributed by atoms with Crippen molar-refractivity contribution in [3.05, 3.63) is 12.2 Å². The Kier molecular flexibility index (Phi) is 7.93. The molecule has 5 fully saturated rings. The molecule has 0 N–H and O–H groups in total. The first-order valence-electron chi connectivity index (χ1n) is 13.7. The van der Waals surface area contributed by atoms with E-state index in [1.54, 1.807) is 13.8 Å². The molecule has 4 heterocycles. The van der Waals surface area contributed by atoms with E-state index in [0.717, 1.165) is 0 Å². The van der Waals surface area contributed by atoms with Crippen molar-refractivity contribution in [2.75, 3.05) is 6.61 Å². The Bertz CT molecular complexity index is 1240. The van der Waals surface area contributed by atoms with Crippen LogP contribution in [0.2, 0.25) is 0 Å². The van der Waals surface area contributed by atoms with Crippen molar-refractivity contribution in [1.82, 2.24) is 0 Å². The van der Waals surface area contributed by atoms with Crippen molar-refractivity contribution in [3.63, 3.8) is 0 Å². The lowest BCUT2D eigenvalue weighted by atomic mass is 9.50. The Morgan fingerprint density at radius 1 is 0.952 bits per heavy atom. The third-order valence-electron chi connectivity index (χ3n) is 9.52. The fourth-order valence-electron chi connectivity index (χ4n) is 7.76. The van der Waals surface area contributed by atoms with Crippen molar-refractivity contribution < 1.29 is 57.1 Å². The van der Waals surface area contributed by atoms with E-state index < -0.39 is 104 Å². The van der Waals surface area contributed by atoms with Crippen LogP contribution in [0.4, 0.5) is 0 Å². The van der Waals surface area contributed by atoms with Gasteiger partial charge in [0.1, 0.15) is 30.0 Å². The lowest BCUT2D eigenvalue weighted by molar-refractivity contribution is -0.293. The second-order valence-corrected chi connectivity index (χ2v) is 13.9. The molecule has 42 heavy (non-hydrogen) atoms. The topological polar surface area (TPSA) is 153 Å². The summed E-state index contributed by atoms with van der Waals surface area (Å²) in [5, 5.41) is -0.955. The maximum Gasteiger partial charge on any atom is 0.312 e. The van der Waals surface area contributed by atoms with E-state index in [0.29, 0.717) is 5.57 Å². The number of fused-ring (bicyclic) bond motifs is 3. The van der Waals surface area contributed by atoms with Crippen LogP contribution in [-0.2, 0) is 57.1 Å². The van der Waals surface area contributed by atoms with Crippen LogP contribution in [0.1, 0.15) is 48.0 Å². The normalized spacial score (nSPS) is 47.1. The number of halogens is 2. The fourth-order valence-corrected chi connectivity index (χ4v) is 9.66. The van der Waals surface area contributed by atoms with E-state index in [2.05, 4.69) is 29.2 Å². The molecule has 2 bridgehead atoms. The third-order valence-corrected chi connectivity index (χ3v) is 11.3. The fraction of sp³-hybridized carbons (Fsp3) is 0.750. The third kappa shape index (κ3) is 4.47. The second kappa shape index (κ2) is 10.6. The molecule has 0 unspecified atom stereocenters. The molecule has 0 radical (unpaired) electrons. The molecule has 2 spiro atoms. The summed E-state index contributed by atoms with van der Waals surface area (Å²) in [6.07, 6.45) is -6.37. The van der Waals surface area contributed by atoms with Crippen LogP contribution in [0.15, 0.2) is 12.2 Å². The Morgan fingerprint density at radius 3 is 2.00 bits per heavy atom. The molecule has 1 aliphatic carbocycles. The molecular formula is C28H34ClIO12. The average molecular weight is 725 g/mol. The zero-order valence-corrected chi connectivity index (χ0v) is 27.0. The van der Waals surface area contributed by atoms with Gasteiger partial charge in [0.05, 0.1) is 33.3 Å². The van der Waals surface area contributed by atoms with Gasteiger partial charge in [-0.05, 0) is 12.5 Å². The number of hydrogen-bond acceptors (Lipinski definition) is 12.